The van der Waals surface area contributed by atoms with E-state index in [1.54, 1.807) is 12.3 Å². The van der Waals surface area contributed by atoms with Crippen LogP contribution >= 0.6 is 0 Å². The summed E-state index contributed by atoms with van der Waals surface area (Å²) in [6, 6.07) is 11.8. The molecular weight excluding hydrogens is 478 g/mol. The van der Waals surface area contributed by atoms with E-state index in [4.69, 9.17) is 15.8 Å². The highest BCUT2D eigenvalue weighted by Gasteiger charge is 2.23. The molecule has 1 aliphatic carbocycles. The van der Waals surface area contributed by atoms with E-state index in [9.17, 15) is 9.90 Å². The molecule has 0 radical (unpaired) electrons. The molecule has 9 nitrogen and oxygen atoms in total. The molecule has 0 atom stereocenters. The maximum atomic E-state index is 12.2. The Morgan fingerprint density at radius 1 is 1.13 bits per heavy atom. The van der Waals surface area contributed by atoms with Crippen molar-refractivity contribution >= 4 is 33.7 Å². The highest BCUT2D eigenvalue weighted by Crippen LogP contribution is 2.36. The van der Waals surface area contributed by atoms with Crippen molar-refractivity contribution < 1.29 is 9.90 Å². The van der Waals surface area contributed by atoms with Gasteiger partial charge in [0.2, 0.25) is 0 Å². The van der Waals surface area contributed by atoms with Crippen LogP contribution in [0.2, 0.25) is 0 Å². The molecule has 4 aromatic heterocycles. The van der Waals surface area contributed by atoms with Crippen LogP contribution in [0, 0.1) is 0 Å². The number of nitrogens with one attached hydrogen (secondary N) is 2. The molecule has 0 bridgehead atoms. The Hall–Kier alpha value is -4.24. The van der Waals surface area contributed by atoms with Gasteiger partial charge in [-0.25, -0.2) is 14.6 Å². The van der Waals surface area contributed by atoms with Crippen LogP contribution in [0.3, 0.4) is 0 Å². The van der Waals surface area contributed by atoms with Gasteiger partial charge in [0.05, 0.1) is 28.4 Å². The number of aromatic nitrogens is 5. The van der Waals surface area contributed by atoms with E-state index >= 15 is 0 Å². The van der Waals surface area contributed by atoms with Gasteiger partial charge in [-0.1, -0.05) is 13.8 Å². The van der Waals surface area contributed by atoms with Crippen LogP contribution in [0.15, 0.2) is 55.0 Å². The first-order chi connectivity index (χ1) is 18.4. The first kappa shape index (κ1) is 24.1. The highest BCUT2D eigenvalue weighted by molar-refractivity contribution is 6.00. The smallest absolute Gasteiger partial charge is 0.250 e. The molecule has 0 aliphatic heterocycles. The maximum Gasteiger partial charge on any atom is 0.250 e. The Morgan fingerprint density at radius 3 is 2.71 bits per heavy atom. The second-order valence-corrected chi connectivity index (χ2v) is 10.4. The van der Waals surface area contributed by atoms with E-state index in [0.29, 0.717) is 11.3 Å². The van der Waals surface area contributed by atoms with E-state index in [1.807, 2.05) is 41.3 Å². The minimum Gasteiger partial charge on any atom is -0.393 e. The van der Waals surface area contributed by atoms with Crippen molar-refractivity contribution in [2.24, 2.45) is 5.73 Å². The molecule has 9 heteroatoms. The van der Waals surface area contributed by atoms with Gasteiger partial charge in [-0.3, -0.25) is 4.79 Å². The van der Waals surface area contributed by atoms with Crippen LogP contribution in [0.5, 0.6) is 0 Å². The Balaban J connectivity index is 1.48. The number of benzene rings is 1. The van der Waals surface area contributed by atoms with E-state index in [-0.39, 0.29) is 18.1 Å². The van der Waals surface area contributed by atoms with E-state index in [2.05, 4.69) is 35.2 Å². The predicted octanol–water partition coefficient (Wildman–Crippen LogP) is 4.90. The van der Waals surface area contributed by atoms with Crippen molar-refractivity contribution in [2.45, 2.75) is 57.6 Å². The summed E-state index contributed by atoms with van der Waals surface area (Å²) in [5.74, 6) is -0.335. The van der Waals surface area contributed by atoms with Crippen molar-refractivity contribution in [3.05, 3.63) is 66.2 Å². The third-order valence-corrected chi connectivity index (χ3v) is 7.42. The molecule has 38 heavy (non-hydrogen) atoms. The van der Waals surface area contributed by atoms with Crippen molar-refractivity contribution in [3.8, 4) is 16.8 Å². The number of fused-ring (bicyclic) bond motifs is 2. The number of rotatable bonds is 6. The zero-order chi connectivity index (χ0) is 26.4. The van der Waals surface area contributed by atoms with E-state index < -0.39 is 5.91 Å². The van der Waals surface area contributed by atoms with Gasteiger partial charge in [0.1, 0.15) is 5.65 Å². The number of amides is 1. The Morgan fingerprint density at radius 2 is 1.95 bits per heavy atom. The number of aromatic amines is 1. The summed E-state index contributed by atoms with van der Waals surface area (Å²) < 4.78 is 1.84. The third-order valence-electron chi connectivity index (χ3n) is 7.42. The molecule has 1 aromatic carbocycles. The minimum absolute atomic E-state index is 0.154. The topological polar surface area (TPSA) is 135 Å². The molecular formula is C29H31N7O2. The van der Waals surface area contributed by atoms with Gasteiger partial charge in [-0.05, 0) is 73.6 Å². The number of nitrogens with zero attached hydrogens (tertiary/aromatic N) is 4. The van der Waals surface area contributed by atoms with Gasteiger partial charge in [-0.2, -0.15) is 5.10 Å². The number of carbonyl (C=O) groups excluding carboxylic acids is 1. The normalized spacial score (nSPS) is 17.9. The molecule has 1 fully saturated rings. The molecule has 5 aromatic rings. The van der Waals surface area contributed by atoms with Gasteiger partial charge in [0.25, 0.3) is 5.91 Å². The minimum atomic E-state index is -0.490. The maximum absolute atomic E-state index is 12.2. The number of pyridine rings is 2. The molecule has 5 N–H and O–H groups in total. The average Bonchev–Trinajstić information content (AvgIpc) is 3.54. The lowest BCUT2D eigenvalue weighted by atomic mass is 9.92. The lowest BCUT2D eigenvalue weighted by Gasteiger charge is -2.27. The number of hydrogen-bond acceptors (Lipinski definition) is 6. The number of hydrogen-bond donors (Lipinski definition) is 4. The molecule has 0 unspecified atom stereocenters. The monoisotopic (exact) mass is 509 g/mol. The van der Waals surface area contributed by atoms with Crippen LogP contribution in [0.4, 0.5) is 5.69 Å². The Labute approximate surface area is 220 Å². The molecule has 1 saturated carbocycles. The van der Waals surface area contributed by atoms with Crippen molar-refractivity contribution in [2.75, 3.05) is 5.32 Å². The van der Waals surface area contributed by atoms with Crippen LogP contribution < -0.4 is 11.1 Å². The van der Waals surface area contributed by atoms with Gasteiger partial charge in [0.15, 0.2) is 5.65 Å². The number of nitrogens with two attached hydrogens (primary N) is 1. The predicted molar refractivity (Wildman–Crippen MR) is 148 cm³/mol. The Bertz CT molecular complexity index is 1640. The lowest BCUT2D eigenvalue weighted by Crippen LogP contribution is -2.29. The highest BCUT2D eigenvalue weighted by atomic mass is 16.3. The summed E-state index contributed by atoms with van der Waals surface area (Å²) in [5.41, 5.74) is 12.1. The van der Waals surface area contributed by atoms with E-state index in [1.165, 1.54) is 0 Å². The number of aliphatic hydroxyl groups is 1. The van der Waals surface area contributed by atoms with Gasteiger partial charge < -0.3 is 21.1 Å². The lowest BCUT2D eigenvalue weighted by molar-refractivity contribution is 0.100. The zero-order valence-corrected chi connectivity index (χ0v) is 21.5. The molecule has 0 spiro atoms. The fraction of sp³-hybridized carbons (Fsp3) is 0.310. The number of primary amides is 1. The average molecular weight is 510 g/mol. The fourth-order valence-corrected chi connectivity index (χ4v) is 5.42. The number of H-pyrrole nitrogens is 1. The van der Waals surface area contributed by atoms with Crippen LogP contribution in [0.1, 0.15) is 61.5 Å². The molecule has 1 aliphatic rings. The van der Waals surface area contributed by atoms with Crippen LogP contribution in [-0.2, 0) is 0 Å². The standard InChI is InChI=1S/C29H31N7O2/c1-16(2)26-25-22(18-13-17-9-11-31-28(17)33-15-18)10-12-32-29(25)36(35-26)20-5-8-23(27(30)38)24(14-20)34-19-3-6-21(37)7-4-19/h5,8-16,19,21,34,37H,3-4,6-7H2,1-2H3,(H2,30,38)(H,31,33)/t19-,21-. The molecule has 1 amide bonds. The van der Waals surface area contributed by atoms with Crippen molar-refractivity contribution in [1.82, 2.24) is 24.7 Å². The fourth-order valence-electron chi connectivity index (χ4n) is 5.42. The third kappa shape index (κ3) is 4.28. The van der Waals surface area contributed by atoms with Crippen molar-refractivity contribution in [1.29, 1.82) is 0 Å². The van der Waals surface area contributed by atoms with E-state index in [0.717, 1.165) is 70.3 Å². The van der Waals surface area contributed by atoms with Gasteiger partial charge in [0, 0.05) is 41.3 Å². The SMILES string of the molecule is CC(C)c1nn(-c2ccc(C(N)=O)c(N[C@H]3CC[C@H](O)CC3)c2)c2nccc(-c3cnc4[nH]ccc4c3)c12. The van der Waals surface area contributed by atoms with Gasteiger partial charge in [-0.15, -0.1) is 0 Å². The molecule has 0 saturated heterocycles. The van der Waals surface area contributed by atoms with Crippen LogP contribution in [-0.4, -0.2) is 47.9 Å². The first-order valence-corrected chi connectivity index (χ1v) is 13.1. The second kappa shape index (κ2) is 9.57. The summed E-state index contributed by atoms with van der Waals surface area (Å²) in [5, 5.41) is 20.4. The van der Waals surface area contributed by atoms with Gasteiger partial charge >= 0.3 is 0 Å². The van der Waals surface area contributed by atoms with Crippen molar-refractivity contribution in [3.63, 3.8) is 0 Å². The molecule has 6 rings (SSSR count). The summed E-state index contributed by atoms with van der Waals surface area (Å²) in [4.78, 5) is 24.7. The number of carbonyl (C=O) groups is 1. The molecule has 4 heterocycles. The van der Waals surface area contributed by atoms with Crippen LogP contribution in [0.25, 0.3) is 38.9 Å². The summed E-state index contributed by atoms with van der Waals surface area (Å²) in [6.07, 6.45) is 8.44. The quantitative estimate of drug-likeness (QED) is 0.257. The summed E-state index contributed by atoms with van der Waals surface area (Å²) >= 11 is 0. The zero-order valence-electron chi connectivity index (χ0n) is 21.5. The molecule has 194 valence electrons. The Kier molecular flexibility index (Phi) is 6.07. The largest absolute Gasteiger partial charge is 0.393 e. The second-order valence-electron chi connectivity index (χ2n) is 10.4. The number of anilines is 1. The summed E-state index contributed by atoms with van der Waals surface area (Å²) in [6.45, 7) is 4.24. The summed E-state index contributed by atoms with van der Waals surface area (Å²) in [7, 11) is 0. The first-order valence-electron chi connectivity index (χ1n) is 13.1. The number of aliphatic hydroxyl groups excluding tert-OH is 1.